The monoisotopic (exact) mass is 245 g/mol. The molecule has 0 spiro atoms. The molecule has 2 nitrogen and oxygen atoms in total. The average molecular weight is 245 g/mol. The molecule has 0 aromatic carbocycles. The quantitative estimate of drug-likeness (QED) is 0.808. The van der Waals surface area contributed by atoms with E-state index in [0.29, 0.717) is 11.3 Å². The van der Waals surface area contributed by atoms with Gasteiger partial charge in [0.05, 0.1) is 12.3 Å². The molecule has 0 amide bonds. The summed E-state index contributed by atoms with van der Waals surface area (Å²) in [6.45, 7) is 3.69. The molecule has 94 valence electrons. The predicted octanol–water partition coefficient (Wildman–Crippen LogP) is 3.77. The lowest BCUT2D eigenvalue weighted by atomic mass is 10.0. The SMILES string of the molecule is CC(C)c1cc(C(F)(F)F)ncc1OC1CC1. The topological polar surface area (TPSA) is 22.1 Å². The van der Waals surface area contributed by atoms with Gasteiger partial charge in [0.2, 0.25) is 0 Å². The Morgan fingerprint density at radius 3 is 2.47 bits per heavy atom. The van der Waals surface area contributed by atoms with E-state index in [2.05, 4.69) is 4.98 Å². The number of nitrogens with zero attached hydrogens (tertiary/aromatic N) is 1. The summed E-state index contributed by atoms with van der Waals surface area (Å²) < 4.78 is 43.2. The van der Waals surface area contributed by atoms with Gasteiger partial charge in [-0.05, 0) is 24.8 Å². The van der Waals surface area contributed by atoms with Gasteiger partial charge in [0.25, 0.3) is 0 Å². The van der Waals surface area contributed by atoms with Gasteiger partial charge in [0, 0.05) is 5.56 Å². The highest BCUT2D eigenvalue weighted by Crippen LogP contribution is 2.36. The van der Waals surface area contributed by atoms with Crippen molar-refractivity contribution >= 4 is 0 Å². The molecule has 1 aromatic rings. The third-order valence-electron chi connectivity index (χ3n) is 2.63. The second kappa shape index (κ2) is 4.20. The van der Waals surface area contributed by atoms with Crippen LogP contribution in [0.25, 0.3) is 0 Å². The summed E-state index contributed by atoms with van der Waals surface area (Å²) in [5.41, 5.74) is -0.288. The largest absolute Gasteiger partial charge is 0.489 e. The maximum absolute atomic E-state index is 12.5. The highest BCUT2D eigenvalue weighted by Gasteiger charge is 2.34. The molecular weight excluding hydrogens is 231 g/mol. The molecule has 0 bridgehead atoms. The summed E-state index contributed by atoms with van der Waals surface area (Å²) in [6.07, 6.45) is -1.11. The molecule has 2 rings (SSSR count). The fraction of sp³-hybridized carbons (Fsp3) is 0.583. The summed E-state index contributed by atoms with van der Waals surface area (Å²) in [5, 5.41) is 0. The second-order valence-corrected chi connectivity index (χ2v) is 4.58. The number of hydrogen-bond donors (Lipinski definition) is 0. The Hall–Kier alpha value is -1.26. The van der Waals surface area contributed by atoms with Crippen molar-refractivity contribution in [2.24, 2.45) is 0 Å². The van der Waals surface area contributed by atoms with E-state index < -0.39 is 11.9 Å². The molecule has 0 radical (unpaired) electrons. The zero-order valence-electron chi connectivity index (χ0n) is 9.71. The summed E-state index contributed by atoms with van der Waals surface area (Å²) >= 11 is 0. The van der Waals surface area contributed by atoms with Crippen LogP contribution in [0.3, 0.4) is 0 Å². The zero-order chi connectivity index (χ0) is 12.6. The van der Waals surface area contributed by atoms with E-state index >= 15 is 0 Å². The van der Waals surface area contributed by atoms with E-state index in [9.17, 15) is 13.2 Å². The lowest BCUT2D eigenvalue weighted by molar-refractivity contribution is -0.141. The molecule has 0 atom stereocenters. The molecule has 0 saturated heterocycles. The Kier molecular flexibility index (Phi) is 3.02. The zero-order valence-corrected chi connectivity index (χ0v) is 9.71. The van der Waals surface area contributed by atoms with Crippen LogP contribution in [-0.2, 0) is 6.18 Å². The van der Waals surface area contributed by atoms with Crippen LogP contribution in [0.2, 0.25) is 0 Å². The average Bonchev–Trinajstić information content (AvgIpc) is 3.00. The maximum Gasteiger partial charge on any atom is 0.433 e. The lowest BCUT2D eigenvalue weighted by Crippen LogP contribution is -2.10. The van der Waals surface area contributed by atoms with Crippen molar-refractivity contribution in [1.29, 1.82) is 0 Å². The maximum atomic E-state index is 12.5. The fourth-order valence-electron chi connectivity index (χ4n) is 1.53. The van der Waals surface area contributed by atoms with Gasteiger partial charge in [-0.15, -0.1) is 0 Å². The van der Waals surface area contributed by atoms with Crippen molar-refractivity contribution < 1.29 is 17.9 Å². The molecule has 1 heterocycles. The van der Waals surface area contributed by atoms with Gasteiger partial charge in [-0.1, -0.05) is 13.8 Å². The first-order valence-corrected chi connectivity index (χ1v) is 5.61. The van der Waals surface area contributed by atoms with Gasteiger partial charge in [0.15, 0.2) is 0 Å². The third kappa shape index (κ3) is 2.90. The van der Waals surface area contributed by atoms with Crippen LogP contribution < -0.4 is 4.74 Å². The Balaban J connectivity index is 2.33. The van der Waals surface area contributed by atoms with Gasteiger partial charge in [-0.3, -0.25) is 0 Å². The first-order valence-electron chi connectivity index (χ1n) is 5.61. The van der Waals surface area contributed by atoms with E-state index in [1.807, 2.05) is 13.8 Å². The van der Waals surface area contributed by atoms with Gasteiger partial charge in [0.1, 0.15) is 11.4 Å². The van der Waals surface area contributed by atoms with Crippen molar-refractivity contribution in [3.63, 3.8) is 0 Å². The van der Waals surface area contributed by atoms with Crippen LogP contribution in [0.15, 0.2) is 12.3 Å². The van der Waals surface area contributed by atoms with E-state index in [1.54, 1.807) is 0 Å². The molecule has 5 heteroatoms. The summed E-state index contributed by atoms with van der Waals surface area (Å²) in [4.78, 5) is 3.42. The first-order chi connectivity index (χ1) is 7.88. The normalized spacial score (nSPS) is 16.4. The predicted molar refractivity (Wildman–Crippen MR) is 57.0 cm³/mol. The molecule has 0 unspecified atom stereocenters. The molecule has 0 aliphatic heterocycles. The van der Waals surface area contributed by atoms with Crippen LogP contribution in [0.5, 0.6) is 5.75 Å². The Bertz CT molecular complexity index is 411. The van der Waals surface area contributed by atoms with Crippen LogP contribution in [-0.4, -0.2) is 11.1 Å². The number of pyridine rings is 1. The van der Waals surface area contributed by atoms with Crippen molar-refractivity contribution in [3.05, 3.63) is 23.5 Å². The van der Waals surface area contributed by atoms with Crippen molar-refractivity contribution in [2.45, 2.75) is 44.9 Å². The molecule has 1 aliphatic rings. The molecule has 17 heavy (non-hydrogen) atoms. The molecule has 1 aliphatic carbocycles. The minimum atomic E-state index is -4.40. The van der Waals surface area contributed by atoms with Crippen LogP contribution in [0, 0.1) is 0 Å². The number of ether oxygens (including phenoxy) is 1. The standard InChI is InChI=1S/C12H14F3NO/c1-7(2)9-5-11(12(13,14)15)16-6-10(9)17-8-3-4-8/h5-8H,3-4H2,1-2H3. The summed E-state index contributed by atoms with van der Waals surface area (Å²) in [5.74, 6) is 0.461. The number of hydrogen-bond acceptors (Lipinski definition) is 2. The Labute approximate surface area is 97.8 Å². The summed E-state index contributed by atoms with van der Waals surface area (Å²) in [7, 11) is 0. The van der Waals surface area contributed by atoms with Crippen LogP contribution in [0.1, 0.15) is 43.9 Å². The number of halogens is 3. The smallest absolute Gasteiger partial charge is 0.433 e. The molecule has 1 fully saturated rings. The molecule has 1 saturated carbocycles. The van der Waals surface area contributed by atoms with Crippen LogP contribution in [0.4, 0.5) is 13.2 Å². The fourth-order valence-corrected chi connectivity index (χ4v) is 1.53. The lowest BCUT2D eigenvalue weighted by Gasteiger charge is -2.15. The number of aromatic nitrogens is 1. The third-order valence-corrected chi connectivity index (χ3v) is 2.63. The van der Waals surface area contributed by atoms with Gasteiger partial charge >= 0.3 is 6.18 Å². The van der Waals surface area contributed by atoms with Crippen LogP contribution >= 0.6 is 0 Å². The van der Waals surface area contributed by atoms with Gasteiger partial charge in [-0.25, -0.2) is 4.98 Å². The van der Waals surface area contributed by atoms with Gasteiger partial charge < -0.3 is 4.74 Å². The second-order valence-electron chi connectivity index (χ2n) is 4.58. The van der Waals surface area contributed by atoms with E-state index in [0.717, 1.165) is 18.9 Å². The molecule has 1 aromatic heterocycles. The molecular formula is C12H14F3NO. The Morgan fingerprint density at radius 2 is 2.00 bits per heavy atom. The minimum Gasteiger partial charge on any atom is -0.489 e. The van der Waals surface area contributed by atoms with E-state index in [4.69, 9.17) is 4.74 Å². The minimum absolute atomic E-state index is 0.0205. The Morgan fingerprint density at radius 1 is 1.35 bits per heavy atom. The van der Waals surface area contributed by atoms with E-state index in [1.165, 1.54) is 6.20 Å². The number of alkyl halides is 3. The van der Waals surface area contributed by atoms with Crippen molar-refractivity contribution in [1.82, 2.24) is 4.98 Å². The van der Waals surface area contributed by atoms with Crippen molar-refractivity contribution in [2.75, 3.05) is 0 Å². The number of rotatable bonds is 3. The highest BCUT2D eigenvalue weighted by atomic mass is 19.4. The van der Waals surface area contributed by atoms with E-state index in [-0.39, 0.29) is 12.0 Å². The molecule has 0 N–H and O–H groups in total. The van der Waals surface area contributed by atoms with Gasteiger partial charge in [-0.2, -0.15) is 13.2 Å². The first kappa shape index (κ1) is 12.2. The summed E-state index contributed by atoms with van der Waals surface area (Å²) in [6, 6.07) is 1.09. The van der Waals surface area contributed by atoms with Crippen molar-refractivity contribution in [3.8, 4) is 5.75 Å². The highest BCUT2D eigenvalue weighted by molar-refractivity contribution is 5.36.